The van der Waals surface area contributed by atoms with Crippen LogP contribution in [0.25, 0.3) is 0 Å². The molecule has 0 aromatic heterocycles. The minimum atomic E-state index is -0.208. The van der Waals surface area contributed by atoms with Crippen molar-refractivity contribution in [2.24, 2.45) is 5.41 Å². The van der Waals surface area contributed by atoms with Gasteiger partial charge in [0.1, 0.15) is 17.7 Å². The number of hydrogen-bond donors (Lipinski definition) is 1. The fourth-order valence-electron chi connectivity index (χ4n) is 2.65. The first-order valence-corrected chi connectivity index (χ1v) is 7.11. The molecule has 1 aliphatic carbocycles. The Bertz CT molecular complexity index is 444. The second-order valence-electron chi connectivity index (χ2n) is 6.08. The molecule has 0 bridgehead atoms. The predicted molar refractivity (Wildman–Crippen MR) is 76.0 cm³/mol. The Labute approximate surface area is 115 Å². The summed E-state index contributed by atoms with van der Waals surface area (Å²) in [6.45, 7) is 9.57. The summed E-state index contributed by atoms with van der Waals surface area (Å²) < 4.78 is 19.1. The van der Waals surface area contributed by atoms with Crippen LogP contribution in [0.4, 0.5) is 4.39 Å². The number of benzene rings is 1. The molecule has 106 valence electrons. The zero-order valence-electron chi connectivity index (χ0n) is 12.3. The molecule has 0 saturated heterocycles. The van der Waals surface area contributed by atoms with Crippen molar-refractivity contribution >= 4 is 0 Å². The molecular formula is C16H24FNO. The summed E-state index contributed by atoms with van der Waals surface area (Å²) in [5.41, 5.74) is 0.983. The summed E-state index contributed by atoms with van der Waals surface area (Å²) in [7, 11) is 0. The first kappa shape index (κ1) is 14.3. The van der Waals surface area contributed by atoms with Gasteiger partial charge in [0.25, 0.3) is 0 Å². The van der Waals surface area contributed by atoms with Crippen LogP contribution in [-0.4, -0.2) is 18.7 Å². The van der Waals surface area contributed by atoms with Gasteiger partial charge in [0.2, 0.25) is 0 Å². The minimum absolute atomic E-state index is 0.121. The molecule has 3 heteroatoms. The van der Waals surface area contributed by atoms with E-state index in [0.717, 1.165) is 30.7 Å². The van der Waals surface area contributed by atoms with E-state index < -0.39 is 0 Å². The van der Waals surface area contributed by atoms with Crippen LogP contribution in [0.1, 0.15) is 39.2 Å². The fourth-order valence-corrected chi connectivity index (χ4v) is 2.65. The molecule has 1 fully saturated rings. The molecule has 2 atom stereocenters. The molecule has 2 nitrogen and oxygen atoms in total. The van der Waals surface area contributed by atoms with Gasteiger partial charge in [-0.15, -0.1) is 0 Å². The quantitative estimate of drug-likeness (QED) is 0.877. The van der Waals surface area contributed by atoms with E-state index in [-0.39, 0.29) is 17.3 Å². The van der Waals surface area contributed by atoms with Gasteiger partial charge >= 0.3 is 0 Å². The lowest BCUT2D eigenvalue weighted by Crippen LogP contribution is -2.62. The molecule has 2 unspecified atom stereocenters. The van der Waals surface area contributed by atoms with Gasteiger partial charge in [-0.3, -0.25) is 0 Å². The molecule has 1 aromatic rings. The van der Waals surface area contributed by atoms with Crippen LogP contribution in [0.3, 0.4) is 0 Å². The van der Waals surface area contributed by atoms with E-state index in [0.29, 0.717) is 6.04 Å². The van der Waals surface area contributed by atoms with Crippen molar-refractivity contribution in [3.05, 3.63) is 29.6 Å². The predicted octanol–water partition coefficient (Wildman–Crippen LogP) is 3.68. The molecule has 0 aliphatic heterocycles. The Hall–Kier alpha value is -1.09. The Morgan fingerprint density at radius 1 is 1.42 bits per heavy atom. The number of nitrogens with one attached hydrogen (secondary N) is 1. The van der Waals surface area contributed by atoms with Crippen LogP contribution in [0.2, 0.25) is 0 Å². The third kappa shape index (κ3) is 2.92. The summed E-state index contributed by atoms with van der Waals surface area (Å²) in [6, 6.07) is 5.22. The van der Waals surface area contributed by atoms with E-state index in [9.17, 15) is 4.39 Å². The highest BCUT2D eigenvalue weighted by atomic mass is 19.1. The SMILES string of the molecule is CCCNC1CC(Oc2ccc(F)cc2C)C1(C)C. The van der Waals surface area contributed by atoms with Crippen molar-refractivity contribution in [2.75, 3.05) is 6.54 Å². The molecule has 2 rings (SSSR count). The van der Waals surface area contributed by atoms with Crippen LogP contribution in [0, 0.1) is 18.2 Å². The Kier molecular flexibility index (Phi) is 4.14. The molecule has 1 aromatic carbocycles. The van der Waals surface area contributed by atoms with Crippen LogP contribution >= 0.6 is 0 Å². The Morgan fingerprint density at radius 3 is 2.74 bits per heavy atom. The molecule has 0 spiro atoms. The summed E-state index contributed by atoms with van der Waals surface area (Å²) in [5.74, 6) is 0.591. The minimum Gasteiger partial charge on any atom is -0.489 e. The molecule has 19 heavy (non-hydrogen) atoms. The number of aryl methyl sites for hydroxylation is 1. The molecule has 1 saturated carbocycles. The van der Waals surface area contributed by atoms with Crippen molar-refractivity contribution in [1.29, 1.82) is 0 Å². The molecule has 0 heterocycles. The highest BCUT2D eigenvalue weighted by Gasteiger charge is 2.49. The zero-order chi connectivity index (χ0) is 14.0. The summed E-state index contributed by atoms with van der Waals surface area (Å²) in [6.07, 6.45) is 2.37. The number of ether oxygens (including phenoxy) is 1. The molecule has 1 N–H and O–H groups in total. The molecular weight excluding hydrogens is 241 g/mol. The maximum absolute atomic E-state index is 13.1. The van der Waals surface area contributed by atoms with Crippen LogP contribution in [-0.2, 0) is 0 Å². The van der Waals surface area contributed by atoms with Gasteiger partial charge in [0.05, 0.1) is 0 Å². The number of halogens is 1. The third-order valence-electron chi connectivity index (χ3n) is 4.22. The molecule has 0 amide bonds. The Morgan fingerprint density at radius 2 is 2.16 bits per heavy atom. The Balaban J connectivity index is 1.98. The van der Waals surface area contributed by atoms with E-state index in [1.165, 1.54) is 12.1 Å². The third-order valence-corrected chi connectivity index (χ3v) is 4.22. The average molecular weight is 265 g/mol. The van der Waals surface area contributed by atoms with Crippen LogP contribution in [0.15, 0.2) is 18.2 Å². The second-order valence-corrected chi connectivity index (χ2v) is 6.08. The summed E-state index contributed by atoms with van der Waals surface area (Å²) >= 11 is 0. The number of rotatable bonds is 5. The molecule has 0 radical (unpaired) electrons. The van der Waals surface area contributed by atoms with E-state index in [4.69, 9.17) is 4.74 Å². The lowest BCUT2D eigenvalue weighted by Gasteiger charge is -2.51. The monoisotopic (exact) mass is 265 g/mol. The fraction of sp³-hybridized carbons (Fsp3) is 0.625. The van der Waals surface area contributed by atoms with Gasteiger partial charge in [-0.25, -0.2) is 4.39 Å². The summed E-state index contributed by atoms with van der Waals surface area (Å²) in [4.78, 5) is 0. The largest absolute Gasteiger partial charge is 0.489 e. The lowest BCUT2D eigenvalue weighted by molar-refractivity contribution is -0.0549. The first-order valence-electron chi connectivity index (χ1n) is 7.11. The van der Waals surface area contributed by atoms with Crippen molar-refractivity contribution in [3.63, 3.8) is 0 Å². The van der Waals surface area contributed by atoms with E-state index >= 15 is 0 Å². The maximum Gasteiger partial charge on any atom is 0.123 e. The highest BCUT2D eigenvalue weighted by molar-refractivity contribution is 5.33. The van der Waals surface area contributed by atoms with Gasteiger partial charge in [0.15, 0.2) is 0 Å². The summed E-state index contributed by atoms with van der Waals surface area (Å²) in [5, 5.41) is 3.56. The molecule has 1 aliphatic rings. The number of hydrogen-bond acceptors (Lipinski definition) is 2. The average Bonchev–Trinajstić information content (AvgIpc) is 2.35. The highest BCUT2D eigenvalue weighted by Crippen LogP contribution is 2.43. The van der Waals surface area contributed by atoms with Crippen molar-refractivity contribution < 1.29 is 9.13 Å². The van der Waals surface area contributed by atoms with Crippen molar-refractivity contribution in [1.82, 2.24) is 5.32 Å². The van der Waals surface area contributed by atoms with E-state index in [1.807, 2.05) is 6.92 Å². The van der Waals surface area contributed by atoms with E-state index in [1.54, 1.807) is 6.07 Å². The van der Waals surface area contributed by atoms with Gasteiger partial charge in [-0.1, -0.05) is 20.8 Å². The normalized spacial score (nSPS) is 24.9. The standard InChI is InChI=1S/C16H24FNO/c1-5-8-18-14-10-15(16(14,3)4)19-13-7-6-12(17)9-11(13)2/h6-7,9,14-15,18H,5,8,10H2,1-4H3. The van der Waals surface area contributed by atoms with Gasteiger partial charge in [-0.05, 0) is 43.7 Å². The van der Waals surface area contributed by atoms with Crippen molar-refractivity contribution in [2.45, 2.75) is 52.7 Å². The van der Waals surface area contributed by atoms with Crippen LogP contribution < -0.4 is 10.1 Å². The van der Waals surface area contributed by atoms with Gasteiger partial charge in [-0.2, -0.15) is 0 Å². The van der Waals surface area contributed by atoms with Gasteiger partial charge < -0.3 is 10.1 Å². The zero-order valence-corrected chi connectivity index (χ0v) is 12.3. The smallest absolute Gasteiger partial charge is 0.123 e. The van der Waals surface area contributed by atoms with Gasteiger partial charge in [0, 0.05) is 17.9 Å². The first-order chi connectivity index (χ1) is 8.95. The maximum atomic E-state index is 13.1. The second kappa shape index (κ2) is 5.49. The van der Waals surface area contributed by atoms with Crippen LogP contribution in [0.5, 0.6) is 5.75 Å². The lowest BCUT2D eigenvalue weighted by atomic mass is 9.64. The van der Waals surface area contributed by atoms with Crippen molar-refractivity contribution in [3.8, 4) is 5.75 Å². The van der Waals surface area contributed by atoms with E-state index in [2.05, 4.69) is 26.1 Å². The topological polar surface area (TPSA) is 21.3 Å².